The highest BCUT2D eigenvalue weighted by Gasteiger charge is 2.34. The SMILES string of the molecule is CO[P+](=O)c1c(C)cc(C(C)(C)C)cc1C(C)(C)C. The van der Waals surface area contributed by atoms with E-state index < -0.39 is 8.03 Å². The predicted octanol–water partition coefficient (Wildman–Crippen LogP) is 4.60. The molecular weight excluding hydrogens is 255 g/mol. The smallest absolute Gasteiger partial charge is 0.145 e. The molecule has 0 bridgehead atoms. The molecule has 1 unspecified atom stereocenters. The summed E-state index contributed by atoms with van der Waals surface area (Å²) in [5.41, 5.74) is 3.49. The Morgan fingerprint density at radius 1 is 1.00 bits per heavy atom. The topological polar surface area (TPSA) is 26.3 Å². The Hall–Kier alpha value is -0.720. The van der Waals surface area contributed by atoms with E-state index in [2.05, 4.69) is 53.7 Å². The van der Waals surface area contributed by atoms with Crippen molar-refractivity contribution in [3.63, 3.8) is 0 Å². The van der Waals surface area contributed by atoms with Crippen molar-refractivity contribution in [3.8, 4) is 0 Å². The zero-order valence-electron chi connectivity index (χ0n) is 13.4. The first-order valence-corrected chi connectivity index (χ1v) is 7.83. The van der Waals surface area contributed by atoms with Crippen LogP contribution in [0.3, 0.4) is 0 Å². The molecule has 0 aromatic heterocycles. The van der Waals surface area contributed by atoms with E-state index in [1.165, 1.54) is 12.7 Å². The van der Waals surface area contributed by atoms with Crippen molar-refractivity contribution in [2.45, 2.75) is 59.3 Å². The molecule has 2 nitrogen and oxygen atoms in total. The van der Waals surface area contributed by atoms with Gasteiger partial charge in [0.1, 0.15) is 0 Å². The summed E-state index contributed by atoms with van der Waals surface area (Å²) >= 11 is 0. The quantitative estimate of drug-likeness (QED) is 0.740. The number of hydrogen-bond donors (Lipinski definition) is 0. The minimum atomic E-state index is -1.78. The first-order valence-electron chi connectivity index (χ1n) is 6.65. The van der Waals surface area contributed by atoms with Gasteiger partial charge >= 0.3 is 8.03 Å². The van der Waals surface area contributed by atoms with Crippen LogP contribution in [0.5, 0.6) is 0 Å². The molecule has 0 amide bonds. The van der Waals surface area contributed by atoms with Gasteiger partial charge in [0, 0.05) is 11.1 Å². The Morgan fingerprint density at radius 3 is 1.89 bits per heavy atom. The highest BCUT2D eigenvalue weighted by atomic mass is 31.1. The summed E-state index contributed by atoms with van der Waals surface area (Å²) in [6.45, 7) is 15.1. The first-order chi connectivity index (χ1) is 8.48. The van der Waals surface area contributed by atoms with E-state index in [4.69, 9.17) is 4.52 Å². The van der Waals surface area contributed by atoms with Crippen molar-refractivity contribution in [1.82, 2.24) is 0 Å². The zero-order chi connectivity index (χ0) is 15.0. The molecule has 0 spiro atoms. The Morgan fingerprint density at radius 2 is 1.53 bits per heavy atom. The second-order valence-corrected chi connectivity index (χ2v) is 8.46. The molecule has 0 heterocycles. The third-order valence-corrected chi connectivity index (χ3v) is 4.61. The molecule has 0 saturated carbocycles. The minimum Gasteiger partial charge on any atom is -0.145 e. The third-order valence-electron chi connectivity index (χ3n) is 3.32. The highest BCUT2D eigenvalue weighted by Crippen LogP contribution is 2.34. The summed E-state index contributed by atoms with van der Waals surface area (Å²) in [6, 6.07) is 4.32. The summed E-state index contributed by atoms with van der Waals surface area (Å²) in [6.07, 6.45) is 0. The van der Waals surface area contributed by atoms with E-state index in [0.29, 0.717) is 0 Å². The number of benzene rings is 1. The lowest BCUT2D eigenvalue weighted by molar-refractivity contribution is 0.422. The average Bonchev–Trinajstić information content (AvgIpc) is 2.24. The van der Waals surface area contributed by atoms with Gasteiger partial charge < -0.3 is 0 Å². The van der Waals surface area contributed by atoms with Gasteiger partial charge in [0.2, 0.25) is 5.30 Å². The van der Waals surface area contributed by atoms with Gasteiger partial charge in [0.05, 0.1) is 7.11 Å². The molecule has 19 heavy (non-hydrogen) atoms. The van der Waals surface area contributed by atoms with Crippen LogP contribution in [-0.2, 0) is 19.9 Å². The van der Waals surface area contributed by atoms with Crippen molar-refractivity contribution in [1.29, 1.82) is 0 Å². The maximum atomic E-state index is 12.2. The van der Waals surface area contributed by atoms with E-state index in [-0.39, 0.29) is 10.8 Å². The monoisotopic (exact) mass is 281 g/mol. The van der Waals surface area contributed by atoms with Crippen molar-refractivity contribution >= 4 is 13.3 Å². The van der Waals surface area contributed by atoms with Crippen LogP contribution < -0.4 is 5.30 Å². The van der Waals surface area contributed by atoms with Crippen LogP contribution in [0.1, 0.15) is 58.2 Å². The van der Waals surface area contributed by atoms with Gasteiger partial charge in [0.15, 0.2) is 0 Å². The fourth-order valence-corrected chi connectivity index (χ4v) is 3.25. The lowest BCUT2D eigenvalue weighted by Gasteiger charge is -2.25. The largest absolute Gasteiger partial charge is 0.549 e. The molecule has 0 saturated heterocycles. The number of aryl methyl sites for hydroxylation is 1. The van der Waals surface area contributed by atoms with Crippen LogP contribution in [0.2, 0.25) is 0 Å². The van der Waals surface area contributed by atoms with Gasteiger partial charge in [-0.25, -0.2) is 0 Å². The third kappa shape index (κ3) is 3.64. The molecule has 3 heteroatoms. The maximum Gasteiger partial charge on any atom is 0.549 e. The van der Waals surface area contributed by atoms with Crippen molar-refractivity contribution in [2.24, 2.45) is 0 Å². The number of hydrogen-bond acceptors (Lipinski definition) is 2. The molecule has 0 fully saturated rings. The van der Waals surface area contributed by atoms with Crippen LogP contribution in [0.15, 0.2) is 12.1 Å². The van der Waals surface area contributed by atoms with Gasteiger partial charge in [0.25, 0.3) is 0 Å². The Kier molecular flexibility index (Phi) is 4.59. The first kappa shape index (κ1) is 16.3. The van der Waals surface area contributed by atoms with Crippen LogP contribution in [0.4, 0.5) is 0 Å². The Labute approximate surface area is 118 Å². The normalized spacial score (nSPS) is 13.6. The number of rotatable bonds is 2. The van der Waals surface area contributed by atoms with Gasteiger partial charge in [-0.05, 0) is 27.9 Å². The van der Waals surface area contributed by atoms with Crippen molar-refractivity contribution in [2.75, 3.05) is 7.11 Å². The maximum absolute atomic E-state index is 12.2. The molecule has 1 aromatic carbocycles. The summed E-state index contributed by atoms with van der Waals surface area (Å²) in [5, 5.41) is 0.859. The lowest BCUT2D eigenvalue weighted by atomic mass is 9.79. The summed E-state index contributed by atoms with van der Waals surface area (Å²) in [5.74, 6) is 0. The summed E-state index contributed by atoms with van der Waals surface area (Å²) < 4.78 is 17.3. The summed E-state index contributed by atoms with van der Waals surface area (Å²) in [4.78, 5) is 0. The lowest BCUT2D eigenvalue weighted by Crippen LogP contribution is -2.25. The molecule has 0 aliphatic rings. The van der Waals surface area contributed by atoms with Crippen LogP contribution in [0, 0.1) is 6.92 Å². The minimum absolute atomic E-state index is 0.0507. The molecule has 1 rings (SSSR count). The molecule has 1 aromatic rings. The van der Waals surface area contributed by atoms with Gasteiger partial charge in [-0.2, -0.15) is 0 Å². The molecule has 0 aliphatic carbocycles. The van der Waals surface area contributed by atoms with E-state index in [0.717, 1.165) is 16.4 Å². The van der Waals surface area contributed by atoms with Gasteiger partial charge in [-0.3, -0.25) is 0 Å². The molecular formula is C16H26O2P+. The Balaban J connectivity index is 3.62. The second-order valence-electron chi connectivity index (χ2n) is 7.13. The summed E-state index contributed by atoms with van der Waals surface area (Å²) in [7, 11) is -0.275. The highest BCUT2D eigenvalue weighted by molar-refractivity contribution is 7.48. The van der Waals surface area contributed by atoms with Gasteiger partial charge in [-0.1, -0.05) is 53.7 Å². The Bertz CT molecular complexity index is 491. The molecule has 0 aliphatic heterocycles. The average molecular weight is 281 g/mol. The van der Waals surface area contributed by atoms with Gasteiger partial charge in [-0.15, -0.1) is 4.52 Å². The molecule has 0 radical (unpaired) electrons. The van der Waals surface area contributed by atoms with E-state index in [1.54, 1.807) is 0 Å². The predicted molar refractivity (Wildman–Crippen MR) is 82.8 cm³/mol. The van der Waals surface area contributed by atoms with E-state index in [9.17, 15) is 4.57 Å². The van der Waals surface area contributed by atoms with E-state index >= 15 is 0 Å². The van der Waals surface area contributed by atoms with Crippen molar-refractivity contribution in [3.05, 3.63) is 28.8 Å². The van der Waals surface area contributed by atoms with E-state index in [1.807, 2.05) is 6.92 Å². The zero-order valence-corrected chi connectivity index (χ0v) is 14.3. The standard InChI is InChI=1S/C16H26O2P/c1-11-9-12(15(2,3)4)10-13(16(5,6)7)14(11)19(17)18-8/h9-10H,1-8H3/q+1. The second kappa shape index (κ2) is 5.34. The molecule has 1 atom stereocenters. The fraction of sp³-hybridized carbons (Fsp3) is 0.625. The van der Waals surface area contributed by atoms with Crippen LogP contribution in [0.25, 0.3) is 0 Å². The van der Waals surface area contributed by atoms with Crippen molar-refractivity contribution < 1.29 is 9.09 Å². The van der Waals surface area contributed by atoms with Crippen LogP contribution in [-0.4, -0.2) is 7.11 Å². The fourth-order valence-electron chi connectivity index (χ4n) is 2.12. The molecule has 0 N–H and O–H groups in total. The van der Waals surface area contributed by atoms with Crippen LogP contribution >= 0.6 is 8.03 Å². The molecule has 106 valence electrons.